The molecule has 264 valence electrons. The fraction of sp³-hybridized carbons (Fsp3) is 0. The molecule has 56 heavy (non-hydrogen) atoms. The molecule has 0 fully saturated rings. The lowest BCUT2D eigenvalue weighted by molar-refractivity contribution is 1.18. The molecule has 10 aromatic rings. The van der Waals surface area contributed by atoms with Crippen LogP contribution in [0.4, 0.5) is 17.1 Å². The highest BCUT2D eigenvalue weighted by Crippen LogP contribution is 2.43. The van der Waals surface area contributed by atoms with Gasteiger partial charge in [-0.2, -0.15) is 0 Å². The van der Waals surface area contributed by atoms with Gasteiger partial charge in [0.15, 0.2) is 0 Å². The first-order valence-corrected chi connectivity index (χ1v) is 18.9. The molecule has 0 spiro atoms. The maximum Gasteiger partial charge on any atom is 0.0651 e. The number of para-hydroxylation sites is 2. The summed E-state index contributed by atoms with van der Waals surface area (Å²) in [6.45, 7) is 0. The van der Waals surface area contributed by atoms with Crippen molar-refractivity contribution in [2.75, 3.05) is 4.90 Å². The van der Waals surface area contributed by atoms with E-state index in [4.69, 9.17) is 0 Å². The van der Waals surface area contributed by atoms with Crippen molar-refractivity contribution in [2.45, 2.75) is 0 Å². The largest absolute Gasteiger partial charge is 0.310 e. The smallest absolute Gasteiger partial charge is 0.0651 e. The molecule has 0 radical (unpaired) electrons. The monoisotopic (exact) mass is 718 g/mol. The van der Waals surface area contributed by atoms with E-state index in [0.29, 0.717) is 11.1 Å². The zero-order valence-electron chi connectivity index (χ0n) is 34.5. The molecule has 0 N–H and O–H groups in total. The van der Waals surface area contributed by atoms with Gasteiger partial charge in [-0.05, 0) is 111 Å². The van der Waals surface area contributed by atoms with Crippen LogP contribution in [-0.2, 0) is 0 Å². The van der Waals surface area contributed by atoms with Crippen molar-refractivity contribution in [3.05, 3.63) is 230 Å². The Morgan fingerprint density at radius 3 is 1.62 bits per heavy atom. The first-order chi connectivity index (χ1) is 29.5. The van der Waals surface area contributed by atoms with Crippen LogP contribution in [0.1, 0.15) is 5.48 Å². The van der Waals surface area contributed by atoms with E-state index in [-0.39, 0.29) is 29.9 Å². The first kappa shape index (κ1) is 29.0. The third-order valence-electron chi connectivity index (χ3n) is 10.5. The molecule has 1 aromatic heterocycles. The molecule has 2 nitrogen and oxygen atoms in total. The van der Waals surface area contributed by atoms with Crippen molar-refractivity contribution in [2.24, 2.45) is 0 Å². The minimum atomic E-state index is -0.238. The van der Waals surface area contributed by atoms with Crippen molar-refractivity contribution in [1.82, 2.24) is 4.57 Å². The van der Waals surface area contributed by atoms with E-state index in [1.54, 1.807) is 0 Å². The lowest BCUT2D eigenvalue weighted by atomic mass is 9.93. The van der Waals surface area contributed by atoms with Crippen molar-refractivity contribution in [1.29, 1.82) is 0 Å². The van der Waals surface area contributed by atoms with Crippen LogP contribution >= 0.6 is 0 Å². The van der Waals surface area contributed by atoms with E-state index in [2.05, 4.69) is 89.5 Å². The number of aromatic nitrogens is 1. The minimum absolute atomic E-state index is 0.00711. The molecule has 0 aliphatic carbocycles. The summed E-state index contributed by atoms with van der Waals surface area (Å²) in [7, 11) is 0. The Morgan fingerprint density at radius 1 is 0.357 bits per heavy atom. The zero-order valence-corrected chi connectivity index (χ0v) is 30.5. The highest BCUT2D eigenvalue weighted by atomic mass is 15.1. The molecule has 0 aliphatic heterocycles. The quantitative estimate of drug-likeness (QED) is 0.152. The predicted octanol–water partition coefficient (Wildman–Crippen LogP) is 14.9. The Balaban J connectivity index is 1.21. The molecule has 0 aliphatic rings. The number of fused-ring (bicyclic) bond motifs is 3. The Hall–Kier alpha value is -7.42. The lowest BCUT2D eigenvalue weighted by Crippen LogP contribution is -2.10. The van der Waals surface area contributed by atoms with Crippen LogP contribution < -0.4 is 4.90 Å². The summed E-state index contributed by atoms with van der Waals surface area (Å²) in [6, 6.07) is 69.1. The van der Waals surface area contributed by atoms with Crippen LogP contribution in [0.3, 0.4) is 0 Å². The van der Waals surface area contributed by atoms with Gasteiger partial charge >= 0.3 is 0 Å². The van der Waals surface area contributed by atoms with Crippen LogP contribution in [0, 0.1) is 0 Å². The summed E-state index contributed by atoms with van der Waals surface area (Å²) in [4.78, 5) is 1.92. The SMILES string of the molecule is [2H]c1c([2H])c(-c2ccc3c(c2)c2ccccc2n3-c2ccccc2)c([2H])c(N(c2ccc(-c3ccccc3)cc2)c2ccc(-c3ccccc3)c(-c3ccccc3)c2)c1[2H]. The van der Waals surface area contributed by atoms with Crippen molar-refractivity contribution in [3.63, 3.8) is 0 Å². The highest BCUT2D eigenvalue weighted by Gasteiger charge is 2.18. The van der Waals surface area contributed by atoms with Gasteiger partial charge in [-0.15, -0.1) is 0 Å². The van der Waals surface area contributed by atoms with E-state index >= 15 is 0 Å². The van der Waals surface area contributed by atoms with Crippen LogP contribution in [0.5, 0.6) is 0 Å². The van der Waals surface area contributed by atoms with Gasteiger partial charge in [0.25, 0.3) is 0 Å². The predicted molar refractivity (Wildman–Crippen MR) is 237 cm³/mol. The number of rotatable bonds is 8. The molecule has 10 rings (SSSR count). The summed E-state index contributed by atoms with van der Waals surface area (Å²) in [5.41, 5.74) is 12.0. The molecular formula is C54H38N2. The van der Waals surface area contributed by atoms with Crippen molar-refractivity contribution < 1.29 is 5.48 Å². The molecule has 0 saturated carbocycles. The van der Waals surface area contributed by atoms with E-state index in [0.717, 1.165) is 72.2 Å². The van der Waals surface area contributed by atoms with Crippen molar-refractivity contribution in [3.8, 4) is 50.2 Å². The third kappa shape index (κ3) is 6.14. The molecule has 0 amide bonds. The second-order valence-corrected chi connectivity index (χ2v) is 13.9. The summed E-state index contributed by atoms with van der Waals surface area (Å²) >= 11 is 0. The second-order valence-electron chi connectivity index (χ2n) is 13.9. The molecule has 0 saturated heterocycles. The fourth-order valence-corrected chi connectivity index (χ4v) is 7.81. The average molecular weight is 719 g/mol. The number of benzene rings is 9. The maximum atomic E-state index is 10.0. The fourth-order valence-electron chi connectivity index (χ4n) is 7.81. The van der Waals surface area contributed by atoms with Gasteiger partial charge in [0.1, 0.15) is 0 Å². The van der Waals surface area contributed by atoms with Crippen LogP contribution in [-0.4, -0.2) is 4.57 Å². The summed E-state index contributed by atoms with van der Waals surface area (Å²) in [5.74, 6) is 0. The Morgan fingerprint density at radius 2 is 0.911 bits per heavy atom. The zero-order chi connectivity index (χ0) is 40.7. The second kappa shape index (κ2) is 14.4. The molecule has 2 heteroatoms. The van der Waals surface area contributed by atoms with Gasteiger partial charge in [0, 0.05) is 33.5 Å². The van der Waals surface area contributed by atoms with Gasteiger partial charge < -0.3 is 9.47 Å². The maximum absolute atomic E-state index is 10.0. The Labute approximate surface area is 333 Å². The topological polar surface area (TPSA) is 8.17 Å². The molecule has 0 atom stereocenters. The van der Waals surface area contributed by atoms with E-state index in [9.17, 15) is 5.48 Å². The van der Waals surface area contributed by atoms with Gasteiger partial charge in [-0.25, -0.2) is 0 Å². The average Bonchev–Trinajstić information content (AvgIpc) is 3.64. The number of nitrogens with zero attached hydrogens (tertiary/aromatic N) is 2. The van der Waals surface area contributed by atoms with E-state index < -0.39 is 0 Å². The lowest BCUT2D eigenvalue weighted by Gasteiger charge is -2.27. The minimum Gasteiger partial charge on any atom is -0.310 e. The van der Waals surface area contributed by atoms with Gasteiger partial charge in [-0.3, -0.25) is 0 Å². The Bertz CT molecular complexity index is 3160. The normalized spacial score (nSPS) is 12.2. The highest BCUT2D eigenvalue weighted by molar-refractivity contribution is 6.10. The number of hydrogen-bond acceptors (Lipinski definition) is 1. The standard InChI is InChI=1S/C54H38N2/c1-5-16-39(17-6-1)40-28-31-46(32-29-40)55(48-33-34-49(41-18-7-2-8-19-41)51(38-48)42-20-9-3-10-21-42)47-25-15-22-43(36-47)44-30-35-54-52(37-44)50-26-13-14-27-53(50)56(54)45-23-11-4-12-24-45/h1-38H/i15D,22D,25D,36D. The molecule has 1 heterocycles. The molecule has 0 bridgehead atoms. The molecule has 0 unspecified atom stereocenters. The van der Waals surface area contributed by atoms with Gasteiger partial charge in [-0.1, -0.05) is 164 Å². The van der Waals surface area contributed by atoms with E-state index in [1.807, 2.05) is 126 Å². The third-order valence-corrected chi connectivity index (χ3v) is 10.5. The number of hydrogen-bond donors (Lipinski definition) is 0. The van der Waals surface area contributed by atoms with Crippen molar-refractivity contribution >= 4 is 38.9 Å². The summed E-state index contributed by atoms with van der Waals surface area (Å²) in [5, 5.41) is 2.03. The Kier molecular flexibility index (Phi) is 7.47. The van der Waals surface area contributed by atoms with Crippen LogP contribution in [0.25, 0.3) is 72.0 Å². The summed E-state index contributed by atoms with van der Waals surface area (Å²) in [6.07, 6.45) is 0. The van der Waals surface area contributed by atoms with Gasteiger partial charge in [0.2, 0.25) is 0 Å². The van der Waals surface area contributed by atoms with E-state index in [1.165, 1.54) is 0 Å². The van der Waals surface area contributed by atoms with Gasteiger partial charge in [0.05, 0.1) is 16.5 Å². The summed E-state index contributed by atoms with van der Waals surface area (Å²) < 4.78 is 40.3. The van der Waals surface area contributed by atoms with Crippen LogP contribution in [0.15, 0.2) is 230 Å². The molecular weight excluding hydrogens is 677 g/mol. The first-order valence-electron chi connectivity index (χ1n) is 20.9. The molecule has 9 aromatic carbocycles. The number of anilines is 3. The van der Waals surface area contributed by atoms with Crippen LogP contribution in [0.2, 0.25) is 0 Å².